The van der Waals surface area contributed by atoms with Crippen molar-refractivity contribution in [3.8, 4) is 0 Å². The Labute approximate surface area is 218 Å². The zero-order valence-corrected chi connectivity index (χ0v) is 21.3. The van der Waals surface area contributed by atoms with Gasteiger partial charge in [0.1, 0.15) is 5.82 Å². The summed E-state index contributed by atoms with van der Waals surface area (Å²) in [4.78, 5) is 27.5. The van der Waals surface area contributed by atoms with Crippen molar-refractivity contribution in [1.82, 2.24) is 9.47 Å². The number of carbonyl (C=O) groups is 2. The highest BCUT2D eigenvalue weighted by Gasteiger charge is 2.35. The van der Waals surface area contributed by atoms with Gasteiger partial charge in [-0.05, 0) is 53.9 Å². The van der Waals surface area contributed by atoms with E-state index in [2.05, 4.69) is 6.92 Å². The number of hydrogen-bond acceptors (Lipinski definition) is 3. The molecule has 182 valence electrons. The van der Waals surface area contributed by atoms with Crippen molar-refractivity contribution in [3.05, 3.63) is 111 Å². The van der Waals surface area contributed by atoms with Crippen molar-refractivity contribution in [1.29, 1.82) is 0 Å². The molecule has 0 aliphatic carbocycles. The Balaban J connectivity index is 1.49. The first kappa shape index (κ1) is 24.3. The van der Waals surface area contributed by atoms with Crippen molar-refractivity contribution in [3.63, 3.8) is 0 Å². The van der Waals surface area contributed by atoms with Crippen LogP contribution in [0.3, 0.4) is 0 Å². The number of halogens is 2. The third kappa shape index (κ3) is 4.71. The molecule has 0 spiro atoms. The van der Waals surface area contributed by atoms with Crippen LogP contribution in [0.1, 0.15) is 29.2 Å². The number of imide groups is 1. The van der Waals surface area contributed by atoms with Gasteiger partial charge in [-0.2, -0.15) is 0 Å². The van der Waals surface area contributed by atoms with Gasteiger partial charge in [0.05, 0.1) is 17.0 Å². The van der Waals surface area contributed by atoms with Crippen LogP contribution in [0.2, 0.25) is 5.02 Å². The largest absolute Gasteiger partial charge is 0.342 e. The summed E-state index contributed by atoms with van der Waals surface area (Å²) in [6, 6.07) is 20.5. The van der Waals surface area contributed by atoms with Gasteiger partial charge in [0.25, 0.3) is 11.1 Å². The van der Waals surface area contributed by atoms with E-state index in [1.807, 2.05) is 59.3 Å². The van der Waals surface area contributed by atoms with Crippen LogP contribution in [0.5, 0.6) is 0 Å². The van der Waals surface area contributed by atoms with E-state index in [0.717, 1.165) is 45.8 Å². The first-order valence-electron chi connectivity index (χ1n) is 11.8. The second-order valence-electron chi connectivity index (χ2n) is 8.65. The lowest BCUT2D eigenvalue weighted by atomic mass is 10.1. The van der Waals surface area contributed by atoms with Crippen LogP contribution in [0.4, 0.5) is 9.18 Å². The SMILES string of the molecule is CCc1cccc2c(/C=C3\SC(=O)N(CCc4ccccc4)C3=O)cn(Cc3c(F)cccc3Cl)c12. The molecule has 0 saturated carbocycles. The second-order valence-corrected chi connectivity index (χ2v) is 10.0. The lowest BCUT2D eigenvalue weighted by Gasteiger charge is -2.12. The van der Waals surface area contributed by atoms with Crippen molar-refractivity contribution >= 4 is 51.5 Å². The number of fused-ring (bicyclic) bond motifs is 1. The fourth-order valence-electron chi connectivity index (χ4n) is 4.56. The smallest absolute Gasteiger partial charge is 0.293 e. The Bertz CT molecular complexity index is 1480. The third-order valence-electron chi connectivity index (χ3n) is 6.41. The minimum Gasteiger partial charge on any atom is -0.342 e. The zero-order chi connectivity index (χ0) is 25.2. The standard InChI is InChI=1S/C29H24ClFN2O2S/c1-2-20-10-6-11-22-21(17-32(27(20)22)18-23-24(30)12-7-13-25(23)31)16-26-28(34)33(29(35)36-26)15-14-19-8-4-3-5-9-19/h3-13,16-17H,2,14-15,18H2,1H3/b26-16-. The summed E-state index contributed by atoms with van der Waals surface area (Å²) in [6.07, 6.45) is 5.08. The van der Waals surface area contributed by atoms with Crippen molar-refractivity contribution < 1.29 is 14.0 Å². The summed E-state index contributed by atoms with van der Waals surface area (Å²) in [5.74, 6) is -0.648. The maximum atomic E-state index is 14.6. The fourth-order valence-corrected chi connectivity index (χ4v) is 5.64. The van der Waals surface area contributed by atoms with Gasteiger partial charge < -0.3 is 4.57 Å². The molecule has 0 unspecified atom stereocenters. The van der Waals surface area contributed by atoms with Crippen LogP contribution in [0, 0.1) is 5.82 Å². The molecule has 1 aliphatic heterocycles. The lowest BCUT2D eigenvalue weighted by molar-refractivity contribution is -0.122. The normalized spacial score (nSPS) is 15.0. The van der Waals surface area contributed by atoms with Crippen LogP contribution >= 0.6 is 23.4 Å². The number of aromatic nitrogens is 1. The molecule has 1 fully saturated rings. The van der Waals surface area contributed by atoms with Gasteiger partial charge in [-0.3, -0.25) is 14.5 Å². The number of carbonyl (C=O) groups excluding carboxylic acids is 2. The highest BCUT2D eigenvalue weighted by molar-refractivity contribution is 8.18. The molecule has 0 bridgehead atoms. The highest BCUT2D eigenvalue weighted by Crippen LogP contribution is 2.35. The van der Waals surface area contributed by atoms with E-state index in [0.29, 0.717) is 28.5 Å². The second kappa shape index (κ2) is 10.3. The molecule has 4 aromatic rings. The Kier molecular flexibility index (Phi) is 6.99. The summed E-state index contributed by atoms with van der Waals surface area (Å²) in [5.41, 5.74) is 4.36. The van der Waals surface area contributed by atoms with Gasteiger partial charge in [-0.15, -0.1) is 0 Å². The highest BCUT2D eigenvalue weighted by atomic mass is 35.5. The number of benzene rings is 3. The first-order chi connectivity index (χ1) is 17.5. The Hall–Kier alpha value is -3.35. The average Bonchev–Trinajstić information content (AvgIpc) is 3.36. The van der Waals surface area contributed by atoms with Gasteiger partial charge in [-0.1, -0.05) is 73.1 Å². The minimum absolute atomic E-state index is 0.255. The molecule has 7 heteroatoms. The Morgan fingerprint density at radius 3 is 2.53 bits per heavy atom. The average molecular weight is 519 g/mol. The summed E-state index contributed by atoms with van der Waals surface area (Å²) < 4.78 is 16.6. The molecule has 1 aromatic heterocycles. The molecular weight excluding hydrogens is 495 g/mol. The molecule has 5 rings (SSSR count). The summed E-state index contributed by atoms with van der Waals surface area (Å²) in [7, 11) is 0. The molecule has 4 nitrogen and oxygen atoms in total. The number of amides is 2. The van der Waals surface area contributed by atoms with Gasteiger partial charge in [-0.25, -0.2) is 4.39 Å². The Morgan fingerprint density at radius 2 is 1.78 bits per heavy atom. The molecule has 0 N–H and O–H groups in total. The van der Waals surface area contributed by atoms with Crippen LogP contribution in [0.25, 0.3) is 17.0 Å². The number of aryl methyl sites for hydroxylation is 1. The fraction of sp³-hybridized carbons (Fsp3) is 0.172. The monoisotopic (exact) mass is 518 g/mol. The number of thioether (sulfide) groups is 1. The summed E-state index contributed by atoms with van der Waals surface area (Å²) in [6.45, 7) is 2.66. The molecule has 3 aromatic carbocycles. The molecule has 0 atom stereocenters. The van der Waals surface area contributed by atoms with E-state index < -0.39 is 0 Å². The molecule has 2 amide bonds. The quantitative estimate of drug-likeness (QED) is 0.241. The maximum absolute atomic E-state index is 14.6. The predicted octanol–water partition coefficient (Wildman–Crippen LogP) is 7.32. The van der Waals surface area contributed by atoms with Gasteiger partial charge in [0, 0.05) is 34.3 Å². The summed E-state index contributed by atoms with van der Waals surface area (Å²) >= 11 is 7.27. The van der Waals surface area contributed by atoms with E-state index in [1.54, 1.807) is 18.2 Å². The Morgan fingerprint density at radius 1 is 1.00 bits per heavy atom. The topological polar surface area (TPSA) is 42.3 Å². The van der Waals surface area contributed by atoms with Crippen LogP contribution < -0.4 is 0 Å². The first-order valence-corrected chi connectivity index (χ1v) is 13.0. The number of hydrogen-bond donors (Lipinski definition) is 0. The molecule has 1 saturated heterocycles. The van der Waals surface area contributed by atoms with E-state index in [4.69, 9.17) is 11.6 Å². The van der Waals surface area contributed by atoms with Crippen LogP contribution in [-0.4, -0.2) is 27.2 Å². The number of rotatable bonds is 7. The number of para-hydroxylation sites is 1. The third-order valence-corrected chi connectivity index (χ3v) is 7.67. The zero-order valence-electron chi connectivity index (χ0n) is 19.7. The van der Waals surface area contributed by atoms with Crippen molar-refractivity contribution in [2.75, 3.05) is 6.54 Å². The van der Waals surface area contributed by atoms with Gasteiger partial charge >= 0.3 is 0 Å². The van der Waals surface area contributed by atoms with E-state index in [-0.39, 0.29) is 23.5 Å². The number of nitrogens with zero attached hydrogens (tertiary/aromatic N) is 2. The maximum Gasteiger partial charge on any atom is 0.293 e. The van der Waals surface area contributed by atoms with E-state index in [1.165, 1.54) is 11.0 Å². The molecule has 0 radical (unpaired) electrons. The molecule has 2 heterocycles. The van der Waals surface area contributed by atoms with Crippen LogP contribution in [0.15, 0.2) is 77.8 Å². The summed E-state index contributed by atoms with van der Waals surface area (Å²) in [5, 5.41) is 1.04. The molecule has 1 aliphatic rings. The lowest BCUT2D eigenvalue weighted by Crippen LogP contribution is -2.30. The van der Waals surface area contributed by atoms with E-state index >= 15 is 0 Å². The van der Waals surface area contributed by atoms with E-state index in [9.17, 15) is 14.0 Å². The van der Waals surface area contributed by atoms with Gasteiger partial charge in [0.15, 0.2) is 0 Å². The van der Waals surface area contributed by atoms with Gasteiger partial charge in [0.2, 0.25) is 0 Å². The minimum atomic E-state index is -0.362. The van der Waals surface area contributed by atoms with Crippen molar-refractivity contribution in [2.24, 2.45) is 0 Å². The molecule has 36 heavy (non-hydrogen) atoms. The predicted molar refractivity (Wildman–Crippen MR) is 145 cm³/mol. The van der Waals surface area contributed by atoms with Crippen molar-refractivity contribution in [2.45, 2.75) is 26.3 Å². The molecular formula is C29H24ClFN2O2S. The van der Waals surface area contributed by atoms with Crippen LogP contribution in [-0.2, 0) is 24.2 Å².